The van der Waals surface area contributed by atoms with Crippen LogP contribution in [0.25, 0.3) is 0 Å². The van der Waals surface area contributed by atoms with E-state index >= 15 is 0 Å². The van der Waals surface area contributed by atoms with Gasteiger partial charge in [0, 0.05) is 10.4 Å². The van der Waals surface area contributed by atoms with Gasteiger partial charge in [0.05, 0.1) is 11.5 Å². The van der Waals surface area contributed by atoms with Gasteiger partial charge in [-0.3, -0.25) is 0 Å². The SMILES string of the molecule is CCOC(=O)[C@@]1(N)[C@H](c2ccc(Br)cc2)[C@@H]1S(=O)(=O)c1ccccc1. The highest BCUT2D eigenvalue weighted by Crippen LogP contribution is 2.56. The molecule has 2 aromatic carbocycles. The molecule has 0 bridgehead atoms. The van der Waals surface area contributed by atoms with Crippen LogP contribution < -0.4 is 5.73 Å². The molecule has 0 heterocycles. The molecule has 0 spiro atoms. The summed E-state index contributed by atoms with van der Waals surface area (Å²) in [6.07, 6.45) is 0. The molecule has 1 aliphatic carbocycles. The first-order valence-electron chi connectivity index (χ1n) is 7.84. The highest BCUT2D eigenvalue weighted by atomic mass is 79.9. The summed E-state index contributed by atoms with van der Waals surface area (Å²) >= 11 is 3.35. The fourth-order valence-corrected chi connectivity index (χ4v) is 5.70. The van der Waals surface area contributed by atoms with Crippen LogP contribution in [-0.2, 0) is 19.4 Å². The van der Waals surface area contributed by atoms with E-state index in [1.54, 1.807) is 49.4 Å². The number of hydrogen-bond acceptors (Lipinski definition) is 5. The summed E-state index contributed by atoms with van der Waals surface area (Å²) in [6.45, 7) is 1.81. The number of ether oxygens (including phenoxy) is 1. The molecule has 3 rings (SSSR count). The van der Waals surface area contributed by atoms with Gasteiger partial charge < -0.3 is 10.5 Å². The van der Waals surface area contributed by atoms with Crippen molar-refractivity contribution in [3.05, 3.63) is 64.6 Å². The zero-order chi connectivity index (χ0) is 18.2. The molecule has 5 nitrogen and oxygen atoms in total. The molecule has 2 N–H and O–H groups in total. The molecule has 0 saturated heterocycles. The summed E-state index contributed by atoms with van der Waals surface area (Å²) in [5, 5.41) is -1.05. The lowest BCUT2D eigenvalue weighted by atomic mass is 10.1. The van der Waals surface area contributed by atoms with E-state index in [4.69, 9.17) is 10.5 Å². The predicted molar refractivity (Wildman–Crippen MR) is 97.9 cm³/mol. The highest BCUT2D eigenvalue weighted by molar-refractivity contribution is 9.10. The van der Waals surface area contributed by atoms with Crippen molar-refractivity contribution in [1.29, 1.82) is 0 Å². The van der Waals surface area contributed by atoms with E-state index in [9.17, 15) is 13.2 Å². The van der Waals surface area contributed by atoms with Crippen LogP contribution in [0.4, 0.5) is 0 Å². The Morgan fingerprint density at radius 2 is 1.76 bits per heavy atom. The van der Waals surface area contributed by atoms with Gasteiger partial charge in [0.25, 0.3) is 0 Å². The second kappa shape index (κ2) is 6.55. The van der Waals surface area contributed by atoms with Crippen LogP contribution in [-0.4, -0.2) is 31.8 Å². The first kappa shape index (κ1) is 18.1. The number of sulfone groups is 1. The summed E-state index contributed by atoms with van der Waals surface area (Å²) in [5.41, 5.74) is 5.41. The number of rotatable bonds is 5. The number of esters is 1. The van der Waals surface area contributed by atoms with Gasteiger partial charge >= 0.3 is 5.97 Å². The number of benzene rings is 2. The first-order chi connectivity index (χ1) is 11.8. The van der Waals surface area contributed by atoms with E-state index in [0.29, 0.717) is 5.56 Å². The molecule has 132 valence electrons. The third kappa shape index (κ3) is 3.01. The summed E-state index contributed by atoms with van der Waals surface area (Å²) in [4.78, 5) is 12.6. The summed E-state index contributed by atoms with van der Waals surface area (Å²) in [7, 11) is -3.78. The first-order valence-corrected chi connectivity index (χ1v) is 10.2. The highest BCUT2D eigenvalue weighted by Gasteiger charge is 2.74. The zero-order valence-corrected chi connectivity index (χ0v) is 16.0. The Bertz CT molecular complexity index is 883. The molecule has 1 aliphatic rings. The van der Waals surface area contributed by atoms with Crippen LogP contribution >= 0.6 is 15.9 Å². The number of carbonyl (C=O) groups excluding carboxylic acids is 1. The molecule has 7 heteroatoms. The lowest BCUT2D eigenvalue weighted by molar-refractivity contribution is -0.145. The summed E-state index contributed by atoms with van der Waals surface area (Å²) in [6, 6.07) is 15.2. The van der Waals surface area contributed by atoms with Gasteiger partial charge in [-0.15, -0.1) is 0 Å². The Kier molecular flexibility index (Phi) is 4.74. The maximum absolute atomic E-state index is 13.1. The minimum absolute atomic E-state index is 0.142. The third-order valence-corrected chi connectivity index (χ3v) is 7.23. The van der Waals surface area contributed by atoms with Crippen molar-refractivity contribution in [1.82, 2.24) is 0 Å². The molecule has 0 aromatic heterocycles. The quantitative estimate of drug-likeness (QED) is 0.746. The monoisotopic (exact) mass is 423 g/mol. The number of nitrogens with two attached hydrogens (primary N) is 1. The van der Waals surface area contributed by atoms with Crippen molar-refractivity contribution in [3.63, 3.8) is 0 Å². The van der Waals surface area contributed by atoms with Crippen LogP contribution in [0.2, 0.25) is 0 Å². The van der Waals surface area contributed by atoms with Crippen molar-refractivity contribution in [2.24, 2.45) is 5.73 Å². The van der Waals surface area contributed by atoms with Gasteiger partial charge in [0.1, 0.15) is 10.8 Å². The van der Waals surface area contributed by atoms with Crippen molar-refractivity contribution < 1.29 is 17.9 Å². The van der Waals surface area contributed by atoms with E-state index in [1.807, 2.05) is 0 Å². The standard InChI is InChI=1S/C18H18BrNO4S/c1-2-24-17(21)18(20)15(12-8-10-13(19)11-9-12)16(18)25(22,23)14-6-4-3-5-7-14/h3-11,15-16H,2,20H2,1H3/t15-,16+,18-/m1/s1. The second-order valence-corrected chi connectivity index (χ2v) is 8.95. The van der Waals surface area contributed by atoms with Crippen molar-refractivity contribution in [3.8, 4) is 0 Å². The molecule has 0 radical (unpaired) electrons. The van der Waals surface area contributed by atoms with Crippen molar-refractivity contribution >= 4 is 31.7 Å². The van der Waals surface area contributed by atoms with E-state index in [2.05, 4.69) is 15.9 Å². The van der Waals surface area contributed by atoms with Gasteiger partial charge in [0.2, 0.25) is 0 Å². The fraction of sp³-hybridized carbons (Fsp3) is 0.278. The maximum Gasteiger partial charge on any atom is 0.328 e. The predicted octanol–water partition coefficient (Wildman–Crippen LogP) is 2.65. The van der Waals surface area contributed by atoms with Crippen molar-refractivity contribution in [2.75, 3.05) is 6.61 Å². The summed E-state index contributed by atoms with van der Waals surface area (Å²) < 4.78 is 32.1. The number of carbonyl (C=O) groups is 1. The molecule has 1 saturated carbocycles. The van der Waals surface area contributed by atoms with E-state index in [0.717, 1.165) is 4.47 Å². The largest absolute Gasteiger partial charge is 0.465 e. The Labute approximate surface area is 155 Å². The van der Waals surface area contributed by atoms with Gasteiger partial charge in [-0.1, -0.05) is 46.3 Å². The van der Waals surface area contributed by atoms with E-state index < -0.39 is 32.5 Å². The second-order valence-electron chi connectivity index (χ2n) is 5.96. The molecule has 0 aliphatic heterocycles. The zero-order valence-electron chi connectivity index (χ0n) is 13.6. The molecule has 2 aromatic rings. The summed E-state index contributed by atoms with van der Waals surface area (Å²) in [5.74, 6) is -1.34. The van der Waals surface area contributed by atoms with Gasteiger partial charge in [0.15, 0.2) is 9.84 Å². The molecule has 25 heavy (non-hydrogen) atoms. The minimum Gasteiger partial charge on any atom is -0.465 e. The topological polar surface area (TPSA) is 86.5 Å². The van der Waals surface area contributed by atoms with Gasteiger partial charge in [-0.2, -0.15) is 0 Å². The molecule has 3 atom stereocenters. The van der Waals surface area contributed by atoms with Crippen molar-refractivity contribution in [2.45, 2.75) is 28.5 Å². The molecule has 0 amide bonds. The van der Waals surface area contributed by atoms with E-state index in [-0.39, 0.29) is 11.5 Å². The third-order valence-electron chi connectivity index (χ3n) is 4.44. The van der Waals surface area contributed by atoms with Gasteiger partial charge in [-0.05, 0) is 36.8 Å². The molecule has 0 unspecified atom stereocenters. The molecule has 1 fully saturated rings. The normalized spacial score (nSPS) is 25.4. The number of halogens is 1. The maximum atomic E-state index is 13.1. The van der Waals surface area contributed by atoms with Crippen LogP contribution in [0.1, 0.15) is 18.4 Å². The Morgan fingerprint density at radius 3 is 2.32 bits per heavy atom. The van der Waals surface area contributed by atoms with Crippen LogP contribution in [0.3, 0.4) is 0 Å². The molecular weight excluding hydrogens is 406 g/mol. The average molecular weight is 424 g/mol. The van der Waals surface area contributed by atoms with Gasteiger partial charge in [-0.25, -0.2) is 13.2 Å². The van der Waals surface area contributed by atoms with Crippen LogP contribution in [0.15, 0.2) is 64.0 Å². The molecular formula is C18H18BrNO4S. The minimum atomic E-state index is -3.78. The Balaban J connectivity index is 2.06. The van der Waals surface area contributed by atoms with E-state index in [1.165, 1.54) is 12.1 Å². The fourth-order valence-electron chi connectivity index (χ4n) is 3.19. The van der Waals surface area contributed by atoms with Crippen LogP contribution in [0, 0.1) is 0 Å². The smallest absolute Gasteiger partial charge is 0.328 e. The number of hydrogen-bond donors (Lipinski definition) is 1. The Morgan fingerprint density at radius 1 is 1.16 bits per heavy atom. The Hall–Kier alpha value is -1.70. The lowest BCUT2D eigenvalue weighted by Crippen LogP contribution is -2.41. The van der Waals surface area contributed by atoms with Crippen LogP contribution in [0.5, 0.6) is 0 Å². The average Bonchev–Trinajstić information content (AvgIpc) is 3.25. The lowest BCUT2D eigenvalue weighted by Gasteiger charge is -2.11.